The van der Waals surface area contributed by atoms with Crippen LogP contribution in [0.1, 0.15) is 0 Å². The molecule has 0 saturated carbocycles. The molecule has 0 aliphatic carbocycles. The molecule has 302 valence electrons. The van der Waals surface area contributed by atoms with Crippen LogP contribution in [0.15, 0.2) is 211 Å². The third kappa shape index (κ3) is 5.61. The van der Waals surface area contributed by atoms with Crippen molar-refractivity contribution >= 4 is 96.8 Å². The van der Waals surface area contributed by atoms with E-state index < -0.39 is 0 Å². The highest BCUT2D eigenvalue weighted by Crippen LogP contribution is 2.45. The van der Waals surface area contributed by atoms with Crippen molar-refractivity contribution in [2.75, 3.05) is 0 Å². The molecule has 0 amide bonds. The van der Waals surface area contributed by atoms with E-state index in [4.69, 9.17) is 19.4 Å². The topological polar surface area (TPSA) is 56.7 Å². The molecule has 0 fully saturated rings. The van der Waals surface area contributed by atoms with E-state index in [-0.39, 0.29) is 0 Å². The molecular formula is C59H34N4OS. The molecule has 4 aromatic heterocycles. The summed E-state index contributed by atoms with van der Waals surface area (Å²) in [6, 6.07) is 73.3. The van der Waals surface area contributed by atoms with Crippen molar-refractivity contribution in [3.63, 3.8) is 0 Å². The fraction of sp³-hybridized carbons (Fsp3) is 0. The standard InChI is InChI=1S/C59H34N4OS/c1-2-13-35(14-3-1)36-25-27-37(28-26-36)57-60-58(44-21-12-24-53-54(44)43-20-9-11-23-52(43)65-53)62-59(61-57)45-29-30-48(55-42-19-8-10-22-51(42)64-56(45)55)63-49-33-40-17-6-4-15-38(40)31-46(49)47-32-39-16-5-7-18-41(39)34-50(47)63/h1-34H. The second-order valence-corrected chi connectivity index (χ2v) is 17.8. The van der Waals surface area contributed by atoms with Gasteiger partial charge in [0, 0.05) is 47.5 Å². The van der Waals surface area contributed by atoms with Crippen molar-refractivity contribution < 1.29 is 4.42 Å². The highest BCUT2D eigenvalue weighted by molar-refractivity contribution is 7.25. The SMILES string of the molecule is c1ccc(-c2ccc(-c3nc(-c4ccc(-n5c6cc7ccccc7cc6c6cc7ccccc7cc65)c5c4oc4ccccc45)nc(-c4cccc5sc6ccccc6c45)n3)cc2)cc1. The van der Waals surface area contributed by atoms with Gasteiger partial charge < -0.3 is 8.98 Å². The minimum Gasteiger partial charge on any atom is -0.455 e. The first-order valence-electron chi connectivity index (χ1n) is 21.8. The first-order chi connectivity index (χ1) is 32.2. The molecule has 0 aliphatic heterocycles. The average molecular weight is 847 g/mol. The second-order valence-electron chi connectivity index (χ2n) is 16.7. The van der Waals surface area contributed by atoms with Crippen molar-refractivity contribution in [1.82, 2.24) is 19.5 Å². The Hall–Kier alpha value is -8.45. The molecule has 65 heavy (non-hydrogen) atoms. The zero-order valence-corrected chi connectivity index (χ0v) is 35.6. The zero-order valence-electron chi connectivity index (χ0n) is 34.7. The summed E-state index contributed by atoms with van der Waals surface area (Å²) >= 11 is 1.79. The number of thiophene rings is 1. The van der Waals surface area contributed by atoms with Crippen LogP contribution in [-0.2, 0) is 0 Å². The van der Waals surface area contributed by atoms with Gasteiger partial charge in [0.05, 0.1) is 27.7 Å². The Morgan fingerprint density at radius 1 is 0.369 bits per heavy atom. The van der Waals surface area contributed by atoms with Gasteiger partial charge in [0.15, 0.2) is 17.5 Å². The number of para-hydroxylation sites is 1. The maximum Gasteiger partial charge on any atom is 0.167 e. The minimum absolute atomic E-state index is 0.545. The van der Waals surface area contributed by atoms with Crippen LogP contribution in [0, 0.1) is 0 Å². The summed E-state index contributed by atoms with van der Waals surface area (Å²) < 4.78 is 11.8. The van der Waals surface area contributed by atoms with Gasteiger partial charge in [-0.2, -0.15) is 0 Å². The van der Waals surface area contributed by atoms with Gasteiger partial charge in [-0.05, 0) is 87.3 Å². The Labute approximate surface area is 376 Å². The van der Waals surface area contributed by atoms with Crippen LogP contribution < -0.4 is 0 Å². The van der Waals surface area contributed by atoms with E-state index in [2.05, 4.69) is 199 Å². The lowest BCUT2D eigenvalue weighted by molar-refractivity contribution is 0.669. The number of hydrogen-bond donors (Lipinski definition) is 0. The van der Waals surface area contributed by atoms with Crippen molar-refractivity contribution in [3.05, 3.63) is 206 Å². The van der Waals surface area contributed by atoms with Gasteiger partial charge in [0.25, 0.3) is 0 Å². The first-order valence-corrected chi connectivity index (χ1v) is 22.7. The quantitative estimate of drug-likeness (QED) is 0.173. The van der Waals surface area contributed by atoms with E-state index in [1.165, 1.54) is 47.1 Å². The molecule has 14 rings (SSSR count). The van der Waals surface area contributed by atoms with Crippen LogP contribution in [0.3, 0.4) is 0 Å². The fourth-order valence-corrected chi connectivity index (χ4v) is 11.1. The van der Waals surface area contributed by atoms with Gasteiger partial charge >= 0.3 is 0 Å². The third-order valence-corrected chi connectivity index (χ3v) is 14.2. The van der Waals surface area contributed by atoms with Crippen LogP contribution in [0.25, 0.3) is 136 Å². The lowest BCUT2D eigenvalue weighted by Crippen LogP contribution is -2.01. The Bertz CT molecular complexity index is 4150. The van der Waals surface area contributed by atoms with Gasteiger partial charge in [-0.15, -0.1) is 11.3 Å². The van der Waals surface area contributed by atoms with Crippen LogP contribution in [-0.4, -0.2) is 19.5 Å². The number of nitrogens with zero attached hydrogens (tertiary/aromatic N) is 4. The van der Waals surface area contributed by atoms with Crippen molar-refractivity contribution in [2.24, 2.45) is 0 Å². The molecule has 0 N–H and O–H groups in total. The normalized spacial score (nSPS) is 12.0. The Balaban J connectivity index is 1.05. The number of benzene rings is 10. The predicted molar refractivity (Wildman–Crippen MR) is 271 cm³/mol. The summed E-state index contributed by atoms with van der Waals surface area (Å²) in [5.74, 6) is 1.75. The second kappa shape index (κ2) is 14.0. The van der Waals surface area contributed by atoms with Gasteiger partial charge in [-0.3, -0.25) is 0 Å². The van der Waals surface area contributed by atoms with Gasteiger partial charge in [0.2, 0.25) is 0 Å². The molecule has 6 heteroatoms. The van der Waals surface area contributed by atoms with Gasteiger partial charge in [0.1, 0.15) is 11.2 Å². The monoisotopic (exact) mass is 846 g/mol. The molecule has 0 unspecified atom stereocenters. The molecule has 0 atom stereocenters. The highest BCUT2D eigenvalue weighted by Gasteiger charge is 2.24. The number of hydrogen-bond acceptors (Lipinski definition) is 5. The summed E-state index contributed by atoms with van der Waals surface area (Å²) in [7, 11) is 0. The number of fused-ring (bicyclic) bond motifs is 11. The third-order valence-electron chi connectivity index (χ3n) is 13.0. The smallest absolute Gasteiger partial charge is 0.167 e. The lowest BCUT2D eigenvalue weighted by atomic mass is 10.0. The predicted octanol–water partition coefficient (Wildman–Crippen LogP) is 16.2. The molecular weight excluding hydrogens is 813 g/mol. The highest BCUT2D eigenvalue weighted by atomic mass is 32.1. The largest absolute Gasteiger partial charge is 0.455 e. The molecule has 0 bridgehead atoms. The molecule has 0 aliphatic rings. The molecule has 0 radical (unpaired) electrons. The summed E-state index contributed by atoms with van der Waals surface area (Å²) in [4.78, 5) is 16.0. The van der Waals surface area contributed by atoms with E-state index in [9.17, 15) is 0 Å². The van der Waals surface area contributed by atoms with E-state index >= 15 is 0 Å². The molecule has 14 aromatic rings. The Morgan fingerprint density at radius 3 is 1.65 bits per heavy atom. The van der Waals surface area contributed by atoms with Gasteiger partial charge in [-0.25, -0.2) is 15.0 Å². The summed E-state index contributed by atoms with van der Waals surface area (Å²) in [5.41, 5.74) is 9.77. The van der Waals surface area contributed by atoms with E-state index in [1.54, 1.807) is 11.3 Å². The summed E-state index contributed by atoms with van der Waals surface area (Å²) in [5, 5.41) is 11.6. The maximum absolute atomic E-state index is 7.00. The molecule has 0 spiro atoms. The Morgan fingerprint density at radius 2 is 0.923 bits per heavy atom. The number of furan rings is 1. The van der Waals surface area contributed by atoms with Crippen molar-refractivity contribution in [1.29, 1.82) is 0 Å². The van der Waals surface area contributed by atoms with Crippen LogP contribution in [0.4, 0.5) is 0 Å². The van der Waals surface area contributed by atoms with Crippen molar-refractivity contribution in [2.45, 2.75) is 0 Å². The van der Waals surface area contributed by atoms with Gasteiger partial charge in [-0.1, -0.05) is 152 Å². The molecule has 0 saturated heterocycles. The lowest BCUT2D eigenvalue weighted by Gasteiger charge is -2.13. The van der Waals surface area contributed by atoms with E-state index in [0.29, 0.717) is 17.5 Å². The van der Waals surface area contributed by atoms with E-state index in [1.807, 2.05) is 12.1 Å². The zero-order chi connectivity index (χ0) is 42.6. The summed E-state index contributed by atoms with van der Waals surface area (Å²) in [6.07, 6.45) is 0. The average Bonchev–Trinajstić information content (AvgIpc) is 4.04. The number of aromatic nitrogens is 4. The van der Waals surface area contributed by atoms with E-state index in [0.717, 1.165) is 71.9 Å². The maximum atomic E-state index is 7.00. The number of rotatable bonds is 5. The molecule has 4 heterocycles. The molecule has 10 aromatic carbocycles. The summed E-state index contributed by atoms with van der Waals surface area (Å²) in [6.45, 7) is 0. The van der Waals surface area contributed by atoms with Crippen LogP contribution >= 0.6 is 11.3 Å². The fourth-order valence-electron chi connectivity index (χ4n) is 9.97. The van der Waals surface area contributed by atoms with Crippen LogP contribution in [0.5, 0.6) is 0 Å². The molecule has 5 nitrogen and oxygen atoms in total. The minimum atomic E-state index is 0.545. The first kappa shape index (κ1) is 36.1. The van der Waals surface area contributed by atoms with Crippen molar-refractivity contribution in [3.8, 4) is 51.0 Å². The van der Waals surface area contributed by atoms with Crippen LogP contribution in [0.2, 0.25) is 0 Å². The Kier molecular flexibility index (Phi) is 7.79.